The van der Waals surface area contributed by atoms with Gasteiger partial charge in [-0.05, 0) is 0 Å². The number of phosphoric ester groups is 1. The van der Waals surface area contributed by atoms with Crippen LogP contribution < -0.4 is 0 Å². The lowest BCUT2D eigenvalue weighted by atomic mass is 11.7. The van der Waals surface area contributed by atoms with Gasteiger partial charge in [-0.1, -0.05) is 0 Å². The largest absolute Gasteiger partial charge is 0.471 e. The second-order valence-electron chi connectivity index (χ2n) is 0.922. The van der Waals surface area contributed by atoms with Gasteiger partial charge in [0.15, 0.2) is 4.77 Å². The first-order valence-electron chi connectivity index (χ1n) is 1.52. The summed E-state index contributed by atoms with van der Waals surface area (Å²) in [6, 6.07) is 0. The predicted molar refractivity (Wildman–Crippen MR) is 34.9 cm³/mol. The highest BCUT2D eigenvalue weighted by molar-refractivity contribution is 7.99. The van der Waals surface area contributed by atoms with E-state index in [9.17, 15) is 4.57 Å². The summed E-state index contributed by atoms with van der Waals surface area (Å²) < 4.78 is 12.6. The maximum Gasteiger partial charge on any atom is 0.471 e. The van der Waals surface area contributed by atoms with Crippen molar-refractivity contribution in [3.8, 4) is 0 Å². The van der Waals surface area contributed by atoms with E-state index >= 15 is 0 Å². The van der Waals surface area contributed by atoms with E-state index in [1.807, 2.05) is 0 Å². The smallest absolute Gasteiger partial charge is 0.303 e. The minimum absolute atomic E-state index is 1.03. The number of hydrogen-bond donors (Lipinski definition) is 4. The lowest BCUT2D eigenvalue weighted by molar-refractivity contribution is 0.217. The number of thiol groups is 2. The summed E-state index contributed by atoms with van der Waals surface area (Å²) >= 11 is 6.88. The molecule has 0 radical (unpaired) electrons. The Kier molecular flexibility index (Phi) is 3.41. The van der Waals surface area contributed by atoms with Gasteiger partial charge in [0.25, 0.3) is 0 Å². The molecular weight excluding hydrogens is 171 g/mol. The molecule has 0 aromatic carbocycles. The topological polar surface area (TPSA) is 66.8 Å². The molecule has 0 aliphatic carbocycles. The van der Waals surface area contributed by atoms with Crippen molar-refractivity contribution >= 4 is 33.1 Å². The fourth-order valence-corrected chi connectivity index (χ4v) is 1.11. The Bertz CT molecular complexity index is 107. The molecule has 8 heavy (non-hydrogen) atoms. The van der Waals surface area contributed by atoms with Gasteiger partial charge in [0, 0.05) is 0 Å². The van der Waals surface area contributed by atoms with Crippen molar-refractivity contribution in [2.75, 3.05) is 0 Å². The first-order chi connectivity index (χ1) is 3.42. The van der Waals surface area contributed by atoms with Crippen LogP contribution in [-0.4, -0.2) is 14.6 Å². The fraction of sp³-hybridized carbons (Fsp3) is 1.00. The zero-order valence-corrected chi connectivity index (χ0v) is 6.31. The zero-order chi connectivity index (χ0) is 6.78. The standard InChI is InChI=1S/CH5O4PS2/c2-6(3,4)5-1(7)8/h1,7-8H,(H2,2,3,4). The van der Waals surface area contributed by atoms with Crippen LogP contribution >= 0.6 is 33.1 Å². The SMILES string of the molecule is O=P(O)(O)OC(S)S. The van der Waals surface area contributed by atoms with Crippen LogP contribution in [-0.2, 0) is 9.09 Å². The molecule has 0 bridgehead atoms. The van der Waals surface area contributed by atoms with Gasteiger partial charge in [0.2, 0.25) is 0 Å². The molecule has 0 aliphatic heterocycles. The molecule has 0 heterocycles. The van der Waals surface area contributed by atoms with Crippen molar-refractivity contribution in [2.45, 2.75) is 4.77 Å². The molecule has 0 saturated carbocycles. The first kappa shape index (κ1) is 8.81. The second-order valence-corrected chi connectivity index (χ2v) is 3.46. The van der Waals surface area contributed by atoms with E-state index in [1.54, 1.807) is 0 Å². The molecule has 0 aromatic rings. The van der Waals surface area contributed by atoms with Gasteiger partial charge < -0.3 is 9.79 Å². The molecule has 0 aliphatic rings. The van der Waals surface area contributed by atoms with E-state index in [2.05, 4.69) is 29.8 Å². The summed E-state index contributed by atoms with van der Waals surface area (Å²) in [4.78, 5) is 16.0. The summed E-state index contributed by atoms with van der Waals surface area (Å²) in [6.07, 6.45) is 0. The van der Waals surface area contributed by atoms with Crippen LogP contribution in [0.3, 0.4) is 0 Å². The monoisotopic (exact) mass is 176 g/mol. The Balaban J connectivity index is 3.56. The maximum absolute atomic E-state index is 9.82. The van der Waals surface area contributed by atoms with Gasteiger partial charge >= 0.3 is 7.82 Å². The average Bonchev–Trinajstić information content (AvgIpc) is 1.21. The van der Waals surface area contributed by atoms with Crippen molar-refractivity contribution in [3.63, 3.8) is 0 Å². The van der Waals surface area contributed by atoms with Gasteiger partial charge in [-0.15, -0.1) is 25.3 Å². The number of hydrogen-bond acceptors (Lipinski definition) is 4. The summed E-state index contributed by atoms with van der Waals surface area (Å²) in [5, 5.41) is 0. The summed E-state index contributed by atoms with van der Waals surface area (Å²) in [5.41, 5.74) is 0. The normalized spacial score (nSPS) is 12.6. The molecule has 0 fully saturated rings. The van der Waals surface area contributed by atoms with E-state index in [0.29, 0.717) is 0 Å². The molecular formula is CH5O4PS2. The third-order valence-corrected chi connectivity index (χ3v) is 1.26. The first-order valence-corrected chi connectivity index (χ1v) is 4.08. The van der Waals surface area contributed by atoms with Gasteiger partial charge in [-0.25, -0.2) is 4.57 Å². The maximum atomic E-state index is 9.82. The molecule has 0 unspecified atom stereocenters. The lowest BCUT2D eigenvalue weighted by Crippen LogP contribution is -1.92. The van der Waals surface area contributed by atoms with Crippen LogP contribution in [0.5, 0.6) is 0 Å². The van der Waals surface area contributed by atoms with Gasteiger partial charge in [0.1, 0.15) is 0 Å². The molecule has 0 saturated heterocycles. The van der Waals surface area contributed by atoms with Gasteiger partial charge in [-0.2, -0.15) is 0 Å². The zero-order valence-electron chi connectivity index (χ0n) is 3.63. The Labute approximate surface area is 57.3 Å². The molecule has 7 heteroatoms. The summed E-state index contributed by atoms with van der Waals surface area (Å²) in [5.74, 6) is 0. The Morgan fingerprint density at radius 2 is 1.88 bits per heavy atom. The molecule has 50 valence electrons. The summed E-state index contributed by atoms with van der Waals surface area (Å²) in [7, 11) is -4.37. The van der Waals surface area contributed by atoms with E-state index in [4.69, 9.17) is 9.79 Å². The van der Waals surface area contributed by atoms with Crippen molar-refractivity contribution < 1.29 is 18.9 Å². The number of rotatable bonds is 2. The van der Waals surface area contributed by atoms with Gasteiger partial charge in [-0.3, -0.25) is 4.52 Å². The second kappa shape index (κ2) is 3.10. The molecule has 0 atom stereocenters. The van der Waals surface area contributed by atoms with E-state index < -0.39 is 12.6 Å². The third kappa shape index (κ3) is 6.81. The third-order valence-electron chi connectivity index (χ3n) is 0.232. The van der Waals surface area contributed by atoms with Crippen molar-refractivity contribution in [1.82, 2.24) is 0 Å². The Morgan fingerprint density at radius 3 is 1.88 bits per heavy atom. The van der Waals surface area contributed by atoms with E-state index in [-0.39, 0.29) is 0 Å². The van der Waals surface area contributed by atoms with Crippen LogP contribution in [0.2, 0.25) is 0 Å². The molecule has 4 nitrogen and oxygen atoms in total. The van der Waals surface area contributed by atoms with Crippen LogP contribution in [0.1, 0.15) is 0 Å². The highest BCUT2D eigenvalue weighted by Crippen LogP contribution is 2.38. The quantitative estimate of drug-likeness (QED) is 0.276. The Hall–Kier alpha value is 0.810. The lowest BCUT2D eigenvalue weighted by Gasteiger charge is -2.04. The van der Waals surface area contributed by atoms with Crippen LogP contribution in [0.25, 0.3) is 0 Å². The fourth-order valence-electron chi connectivity index (χ4n) is 0.123. The van der Waals surface area contributed by atoms with E-state index in [0.717, 1.165) is 0 Å². The van der Waals surface area contributed by atoms with E-state index in [1.165, 1.54) is 0 Å². The molecule has 2 N–H and O–H groups in total. The Morgan fingerprint density at radius 1 is 1.50 bits per heavy atom. The van der Waals surface area contributed by atoms with Crippen molar-refractivity contribution in [1.29, 1.82) is 0 Å². The van der Waals surface area contributed by atoms with Gasteiger partial charge in [0.05, 0.1) is 0 Å². The van der Waals surface area contributed by atoms with Crippen LogP contribution in [0.4, 0.5) is 0 Å². The highest BCUT2D eigenvalue weighted by Gasteiger charge is 2.16. The molecule has 0 spiro atoms. The van der Waals surface area contributed by atoms with Crippen LogP contribution in [0, 0.1) is 0 Å². The number of phosphoric acid groups is 1. The predicted octanol–water partition coefficient (Wildman–Crippen LogP) is 0.239. The minimum atomic E-state index is -4.37. The average molecular weight is 176 g/mol. The summed E-state index contributed by atoms with van der Waals surface area (Å²) in [6.45, 7) is 0. The molecule has 0 aromatic heterocycles. The highest BCUT2D eigenvalue weighted by atomic mass is 32.2. The molecule has 0 rings (SSSR count). The van der Waals surface area contributed by atoms with Crippen molar-refractivity contribution in [3.05, 3.63) is 0 Å². The van der Waals surface area contributed by atoms with Crippen LogP contribution in [0.15, 0.2) is 0 Å². The minimum Gasteiger partial charge on any atom is -0.303 e. The van der Waals surface area contributed by atoms with Crippen molar-refractivity contribution in [2.24, 2.45) is 0 Å². The molecule has 0 amide bonds.